The molecule has 0 radical (unpaired) electrons. The first-order valence-electron chi connectivity index (χ1n) is 6.69. The van der Waals surface area contributed by atoms with Crippen molar-refractivity contribution in [3.05, 3.63) is 29.5 Å². The van der Waals surface area contributed by atoms with Gasteiger partial charge in [0.05, 0.1) is 5.69 Å². The topological polar surface area (TPSA) is 82.3 Å². The minimum Gasteiger partial charge on any atom is -0.486 e. The Labute approximate surface area is 126 Å². The lowest BCUT2D eigenvalue weighted by atomic mass is 10.1. The zero-order valence-corrected chi connectivity index (χ0v) is 12.1. The highest BCUT2D eigenvalue weighted by atomic mass is 32.2. The number of hydrogen-bond acceptors (Lipinski definition) is 7. The summed E-state index contributed by atoms with van der Waals surface area (Å²) in [5.74, 6) is 10.2. The summed E-state index contributed by atoms with van der Waals surface area (Å²) in [5.41, 5.74) is 5.73. The van der Waals surface area contributed by atoms with Crippen molar-refractivity contribution >= 4 is 17.6 Å². The van der Waals surface area contributed by atoms with Gasteiger partial charge in [-0.2, -0.15) is 11.8 Å². The van der Waals surface area contributed by atoms with Crippen LogP contribution in [-0.4, -0.2) is 23.2 Å². The van der Waals surface area contributed by atoms with Crippen LogP contribution in [0.25, 0.3) is 11.4 Å². The lowest BCUT2D eigenvalue weighted by Gasteiger charge is -2.18. The number of ether oxygens (including phenoxy) is 2. The van der Waals surface area contributed by atoms with Crippen LogP contribution in [0.2, 0.25) is 0 Å². The van der Waals surface area contributed by atoms with Crippen molar-refractivity contribution in [2.45, 2.75) is 11.5 Å². The predicted octanol–water partition coefficient (Wildman–Crippen LogP) is 1.95. The molecule has 2 aliphatic heterocycles. The maximum absolute atomic E-state index is 5.61. The van der Waals surface area contributed by atoms with E-state index in [1.54, 1.807) is 0 Å². The zero-order chi connectivity index (χ0) is 14.2. The second-order valence-corrected chi connectivity index (χ2v) is 5.80. The van der Waals surface area contributed by atoms with E-state index in [4.69, 9.17) is 15.3 Å². The Morgan fingerprint density at radius 1 is 1.10 bits per heavy atom. The number of rotatable bonds is 2. The number of hydrogen-bond donors (Lipinski definition) is 2. The average Bonchev–Trinajstić information content (AvgIpc) is 3.02. The number of anilines is 1. The molecule has 108 valence electrons. The van der Waals surface area contributed by atoms with Gasteiger partial charge in [0.15, 0.2) is 17.3 Å². The molecule has 0 fully saturated rings. The van der Waals surface area contributed by atoms with E-state index in [1.807, 2.05) is 30.0 Å². The number of thioether (sulfide) groups is 1. The van der Waals surface area contributed by atoms with Crippen LogP contribution in [0.5, 0.6) is 11.5 Å². The molecule has 0 spiro atoms. The highest BCUT2D eigenvalue weighted by Crippen LogP contribution is 2.37. The lowest BCUT2D eigenvalue weighted by molar-refractivity contribution is 0.171. The molecule has 0 saturated heterocycles. The molecular weight excluding hydrogens is 288 g/mol. The third-order valence-electron chi connectivity index (χ3n) is 3.52. The van der Waals surface area contributed by atoms with Gasteiger partial charge < -0.3 is 14.9 Å². The summed E-state index contributed by atoms with van der Waals surface area (Å²) < 4.78 is 11.1. The number of aromatic nitrogens is 2. The summed E-state index contributed by atoms with van der Waals surface area (Å²) in [6, 6.07) is 5.75. The van der Waals surface area contributed by atoms with Gasteiger partial charge in [-0.05, 0) is 18.2 Å². The maximum atomic E-state index is 5.61. The fraction of sp³-hybridized carbons (Fsp3) is 0.286. The van der Waals surface area contributed by atoms with Gasteiger partial charge in [-0.25, -0.2) is 15.8 Å². The van der Waals surface area contributed by atoms with Crippen molar-refractivity contribution in [3.63, 3.8) is 0 Å². The van der Waals surface area contributed by atoms with Crippen molar-refractivity contribution in [3.8, 4) is 22.9 Å². The monoisotopic (exact) mass is 302 g/mol. The van der Waals surface area contributed by atoms with E-state index in [9.17, 15) is 0 Å². The molecule has 0 unspecified atom stereocenters. The summed E-state index contributed by atoms with van der Waals surface area (Å²) in [6.45, 7) is 1.15. The fourth-order valence-electron chi connectivity index (χ4n) is 2.48. The Hall–Kier alpha value is -1.99. The van der Waals surface area contributed by atoms with E-state index in [-0.39, 0.29) is 0 Å². The molecular formula is C14H14N4O2S. The number of nitrogen functional groups attached to an aromatic ring is 1. The molecule has 3 heterocycles. The van der Waals surface area contributed by atoms with Crippen LogP contribution in [0.1, 0.15) is 11.3 Å². The molecule has 1 aromatic heterocycles. The SMILES string of the molecule is NNc1nc(-c2ccc3c(c2)OCCO3)nc2c1CSC2. The van der Waals surface area contributed by atoms with Gasteiger partial charge in [0.1, 0.15) is 19.0 Å². The van der Waals surface area contributed by atoms with Crippen LogP contribution in [0.4, 0.5) is 5.82 Å². The molecule has 7 heteroatoms. The summed E-state index contributed by atoms with van der Waals surface area (Å²) in [4.78, 5) is 9.18. The smallest absolute Gasteiger partial charge is 0.162 e. The molecule has 0 aliphatic carbocycles. The van der Waals surface area contributed by atoms with Gasteiger partial charge in [0, 0.05) is 22.6 Å². The molecule has 6 nitrogen and oxygen atoms in total. The number of nitrogens with two attached hydrogens (primary N) is 1. The average molecular weight is 302 g/mol. The zero-order valence-electron chi connectivity index (χ0n) is 11.3. The predicted molar refractivity (Wildman–Crippen MR) is 81.3 cm³/mol. The largest absolute Gasteiger partial charge is 0.486 e. The Kier molecular flexibility index (Phi) is 3.08. The molecule has 2 aromatic rings. The van der Waals surface area contributed by atoms with Crippen molar-refractivity contribution in [1.29, 1.82) is 0 Å². The fourth-order valence-corrected chi connectivity index (χ4v) is 3.52. The van der Waals surface area contributed by atoms with Crippen LogP contribution >= 0.6 is 11.8 Å². The lowest BCUT2D eigenvalue weighted by Crippen LogP contribution is -2.15. The Balaban J connectivity index is 1.80. The first kappa shape index (κ1) is 12.7. The maximum Gasteiger partial charge on any atom is 0.162 e. The second-order valence-electron chi connectivity index (χ2n) is 4.82. The Morgan fingerprint density at radius 3 is 2.81 bits per heavy atom. The van der Waals surface area contributed by atoms with E-state index in [2.05, 4.69) is 15.4 Å². The molecule has 0 amide bonds. The highest BCUT2D eigenvalue weighted by molar-refractivity contribution is 7.98. The number of benzene rings is 1. The summed E-state index contributed by atoms with van der Waals surface area (Å²) in [6.07, 6.45) is 0. The van der Waals surface area contributed by atoms with Gasteiger partial charge in [0.2, 0.25) is 0 Å². The van der Waals surface area contributed by atoms with Gasteiger partial charge in [-0.3, -0.25) is 0 Å². The normalized spacial score (nSPS) is 15.7. The van der Waals surface area contributed by atoms with Crippen LogP contribution in [0.3, 0.4) is 0 Å². The first-order chi connectivity index (χ1) is 10.3. The molecule has 0 atom stereocenters. The minimum atomic E-state index is 0.563. The van der Waals surface area contributed by atoms with Gasteiger partial charge in [-0.15, -0.1) is 0 Å². The summed E-state index contributed by atoms with van der Waals surface area (Å²) >= 11 is 1.82. The van der Waals surface area contributed by atoms with Crippen LogP contribution in [0.15, 0.2) is 18.2 Å². The van der Waals surface area contributed by atoms with Crippen molar-refractivity contribution in [1.82, 2.24) is 9.97 Å². The number of nitrogens with zero attached hydrogens (tertiary/aromatic N) is 2. The quantitative estimate of drug-likeness (QED) is 0.648. The molecule has 0 saturated carbocycles. The van der Waals surface area contributed by atoms with Crippen molar-refractivity contribution in [2.75, 3.05) is 18.6 Å². The molecule has 4 rings (SSSR count). The summed E-state index contributed by atoms with van der Waals surface area (Å²) in [5, 5.41) is 0. The van der Waals surface area contributed by atoms with Crippen molar-refractivity contribution in [2.24, 2.45) is 5.84 Å². The molecule has 0 bridgehead atoms. The number of hydrazine groups is 1. The van der Waals surface area contributed by atoms with Crippen LogP contribution in [0, 0.1) is 0 Å². The number of nitrogens with one attached hydrogen (secondary N) is 1. The first-order valence-corrected chi connectivity index (χ1v) is 7.85. The summed E-state index contributed by atoms with van der Waals surface area (Å²) in [7, 11) is 0. The third-order valence-corrected chi connectivity index (χ3v) is 4.49. The molecule has 3 N–H and O–H groups in total. The number of fused-ring (bicyclic) bond motifs is 2. The molecule has 2 aliphatic rings. The highest BCUT2D eigenvalue weighted by Gasteiger charge is 2.21. The van der Waals surface area contributed by atoms with E-state index in [1.165, 1.54) is 0 Å². The van der Waals surface area contributed by atoms with E-state index < -0.39 is 0 Å². The van der Waals surface area contributed by atoms with Crippen LogP contribution in [-0.2, 0) is 11.5 Å². The van der Waals surface area contributed by atoms with Crippen molar-refractivity contribution < 1.29 is 9.47 Å². The Morgan fingerprint density at radius 2 is 1.95 bits per heavy atom. The van der Waals surface area contributed by atoms with Crippen LogP contribution < -0.4 is 20.7 Å². The van der Waals surface area contributed by atoms with E-state index in [0.29, 0.717) is 24.9 Å². The standard InChI is InChI=1S/C14H14N4O2S/c15-18-14-9-6-21-7-10(9)16-13(17-14)8-1-2-11-12(5-8)20-4-3-19-11/h1-2,5H,3-4,6-7,15H2,(H,16,17,18). The molecule has 1 aromatic carbocycles. The van der Waals surface area contributed by atoms with E-state index >= 15 is 0 Å². The van der Waals surface area contributed by atoms with Gasteiger partial charge >= 0.3 is 0 Å². The van der Waals surface area contributed by atoms with E-state index in [0.717, 1.165) is 39.8 Å². The van der Waals surface area contributed by atoms with Gasteiger partial charge in [-0.1, -0.05) is 0 Å². The Bertz CT molecular complexity index is 708. The van der Waals surface area contributed by atoms with Gasteiger partial charge in [0.25, 0.3) is 0 Å². The third kappa shape index (κ3) is 2.18. The second kappa shape index (κ2) is 5.09. The molecule has 21 heavy (non-hydrogen) atoms. The minimum absolute atomic E-state index is 0.563.